The van der Waals surface area contributed by atoms with Crippen LogP contribution in [-0.2, 0) is 0 Å². The molecule has 7 heteroatoms. The minimum Gasteiger partial charge on any atom is -0.398 e. The average molecular weight is 285 g/mol. The molecule has 0 aliphatic carbocycles. The van der Waals surface area contributed by atoms with E-state index in [1.165, 1.54) is 18.5 Å². The number of benzene rings is 1. The van der Waals surface area contributed by atoms with Gasteiger partial charge in [0.1, 0.15) is 6.54 Å². The third-order valence-electron chi connectivity index (χ3n) is 2.91. The molecular formula is C13H14F3N3O. The number of aliphatic hydroxyl groups is 1. The van der Waals surface area contributed by atoms with Crippen molar-refractivity contribution < 1.29 is 18.3 Å². The van der Waals surface area contributed by atoms with Crippen LogP contribution >= 0.6 is 0 Å². The van der Waals surface area contributed by atoms with Crippen molar-refractivity contribution in [2.24, 2.45) is 0 Å². The molecule has 0 saturated heterocycles. The zero-order valence-corrected chi connectivity index (χ0v) is 10.6. The molecule has 0 radical (unpaired) electrons. The molecule has 0 fully saturated rings. The molecule has 0 unspecified atom stereocenters. The number of nitrogens with two attached hydrogens (primary N) is 1. The second-order valence-corrected chi connectivity index (χ2v) is 4.36. The summed E-state index contributed by atoms with van der Waals surface area (Å²) in [5, 5.41) is 10.1. The number of pyridine rings is 1. The van der Waals surface area contributed by atoms with Gasteiger partial charge in [-0.25, -0.2) is 0 Å². The molecule has 3 N–H and O–H groups in total. The zero-order chi connectivity index (χ0) is 14.8. The summed E-state index contributed by atoms with van der Waals surface area (Å²) in [6, 6.07) is 4.72. The van der Waals surface area contributed by atoms with Gasteiger partial charge in [0, 0.05) is 41.1 Å². The van der Waals surface area contributed by atoms with Gasteiger partial charge in [-0.15, -0.1) is 0 Å². The highest BCUT2D eigenvalue weighted by atomic mass is 19.4. The number of aromatic nitrogens is 1. The summed E-state index contributed by atoms with van der Waals surface area (Å²) in [5.41, 5.74) is 6.64. The molecule has 2 rings (SSSR count). The number of nitrogen functional groups attached to an aromatic ring is 1. The third kappa shape index (κ3) is 3.11. The monoisotopic (exact) mass is 285 g/mol. The summed E-state index contributed by atoms with van der Waals surface area (Å²) in [4.78, 5) is 5.00. The van der Waals surface area contributed by atoms with Crippen LogP contribution in [0.5, 0.6) is 0 Å². The number of halogens is 3. The second kappa shape index (κ2) is 5.54. The van der Waals surface area contributed by atoms with E-state index in [0.29, 0.717) is 22.1 Å². The maximum Gasteiger partial charge on any atom is 0.405 e. The maximum absolute atomic E-state index is 12.6. The van der Waals surface area contributed by atoms with Crippen molar-refractivity contribution in [2.75, 3.05) is 30.3 Å². The third-order valence-corrected chi connectivity index (χ3v) is 2.91. The van der Waals surface area contributed by atoms with Crippen LogP contribution in [0.15, 0.2) is 30.6 Å². The fourth-order valence-corrected chi connectivity index (χ4v) is 2.10. The first-order valence-electron chi connectivity index (χ1n) is 5.97. The lowest BCUT2D eigenvalue weighted by Crippen LogP contribution is -2.36. The first-order chi connectivity index (χ1) is 9.42. The fourth-order valence-electron chi connectivity index (χ4n) is 2.10. The molecule has 2 aromatic rings. The number of hydrogen-bond acceptors (Lipinski definition) is 4. The van der Waals surface area contributed by atoms with Gasteiger partial charge in [-0.05, 0) is 18.2 Å². The SMILES string of the molecule is Nc1ccc(N(CCO)CC(F)(F)F)c2cnccc12. The van der Waals surface area contributed by atoms with E-state index >= 15 is 0 Å². The molecule has 0 aliphatic rings. The number of anilines is 2. The molecule has 1 aromatic heterocycles. The lowest BCUT2D eigenvalue weighted by molar-refractivity contribution is -0.119. The van der Waals surface area contributed by atoms with Gasteiger partial charge >= 0.3 is 6.18 Å². The van der Waals surface area contributed by atoms with Crippen LogP contribution in [0.1, 0.15) is 0 Å². The van der Waals surface area contributed by atoms with E-state index in [1.807, 2.05) is 0 Å². The molecule has 0 amide bonds. The van der Waals surface area contributed by atoms with Crippen LogP contribution < -0.4 is 10.6 Å². The molecule has 0 aliphatic heterocycles. The van der Waals surface area contributed by atoms with Crippen molar-refractivity contribution in [3.63, 3.8) is 0 Å². The number of nitrogens with zero attached hydrogens (tertiary/aromatic N) is 2. The van der Waals surface area contributed by atoms with E-state index in [0.717, 1.165) is 4.90 Å². The molecule has 0 spiro atoms. The van der Waals surface area contributed by atoms with Gasteiger partial charge in [-0.2, -0.15) is 13.2 Å². The molecule has 0 atom stereocenters. The number of fused-ring (bicyclic) bond motifs is 1. The molecule has 1 aromatic carbocycles. The molecule has 0 bridgehead atoms. The quantitative estimate of drug-likeness (QED) is 0.845. The van der Waals surface area contributed by atoms with Crippen LogP contribution in [0.3, 0.4) is 0 Å². The topological polar surface area (TPSA) is 62.4 Å². The Hall–Kier alpha value is -2.02. The molecular weight excluding hydrogens is 271 g/mol. The van der Waals surface area contributed by atoms with E-state index < -0.39 is 12.7 Å². The largest absolute Gasteiger partial charge is 0.405 e. The summed E-state index contributed by atoms with van der Waals surface area (Å²) in [6.07, 6.45) is -1.35. The number of aliphatic hydroxyl groups excluding tert-OH is 1. The van der Waals surface area contributed by atoms with Crippen LogP contribution in [0.4, 0.5) is 24.5 Å². The van der Waals surface area contributed by atoms with Gasteiger partial charge in [0.2, 0.25) is 0 Å². The summed E-state index contributed by atoms with van der Waals surface area (Å²) in [6.45, 7) is -1.63. The van der Waals surface area contributed by atoms with Crippen LogP contribution in [0.2, 0.25) is 0 Å². The second-order valence-electron chi connectivity index (χ2n) is 4.36. The maximum atomic E-state index is 12.6. The van der Waals surface area contributed by atoms with Gasteiger partial charge < -0.3 is 15.7 Å². The summed E-state index contributed by atoms with van der Waals surface area (Å²) >= 11 is 0. The van der Waals surface area contributed by atoms with Crippen molar-refractivity contribution in [2.45, 2.75) is 6.18 Å². The fraction of sp³-hybridized carbons (Fsp3) is 0.308. The first-order valence-corrected chi connectivity index (χ1v) is 5.97. The van der Waals surface area contributed by atoms with Crippen molar-refractivity contribution in [1.82, 2.24) is 4.98 Å². The average Bonchev–Trinajstić information content (AvgIpc) is 2.37. The van der Waals surface area contributed by atoms with Crippen LogP contribution in [0.25, 0.3) is 10.8 Å². The molecule has 108 valence electrons. The Bertz CT molecular complexity index is 601. The predicted octanol–water partition coefficient (Wildman–Crippen LogP) is 2.18. The number of alkyl halides is 3. The van der Waals surface area contributed by atoms with Crippen molar-refractivity contribution >= 4 is 22.1 Å². The van der Waals surface area contributed by atoms with Gasteiger partial charge in [-0.1, -0.05) is 0 Å². The van der Waals surface area contributed by atoms with Gasteiger partial charge in [0.15, 0.2) is 0 Å². The summed E-state index contributed by atoms with van der Waals surface area (Å²) in [7, 11) is 0. The number of hydrogen-bond donors (Lipinski definition) is 2. The Morgan fingerprint density at radius 1 is 1.20 bits per heavy atom. The zero-order valence-electron chi connectivity index (χ0n) is 10.6. The molecule has 20 heavy (non-hydrogen) atoms. The van der Waals surface area contributed by atoms with E-state index in [9.17, 15) is 13.2 Å². The van der Waals surface area contributed by atoms with Crippen LogP contribution in [-0.4, -0.2) is 36.0 Å². The van der Waals surface area contributed by atoms with E-state index in [-0.39, 0.29) is 13.2 Å². The summed E-state index contributed by atoms with van der Waals surface area (Å²) in [5.74, 6) is 0. The predicted molar refractivity (Wildman–Crippen MR) is 71.5 cm³/mol. The smallest absolute Gasteiger partial charge is 0.398 e. The Morgan fingerprint density at radius 2 is 1.95 bits per heavy atom. The lowest BCUT2D eigenvalue weighted by Gasteiger charge is -2.26. The van der Waals surface area contributed by atoms with E-state index in [4.69, 9.17) is 10.8 Å². The van der Waals surface area contributed by atoms with E-state index in [2.05, 4.69) is 4.98 Å². The molecule has 1 heterocycles. The first kappa shape index (κ1) is 14.4. The van der Waals surface area contributed by atoms with Crippen molar-refractivity contribution in [3.8, 4) is 0 Å². The highest BCUT2D eigenvalue weighted by molar-refractivity contribution is 6.00. The molecule has 0 saturated carbocycles. The Morgan fingerprint density at radius 3 is 2.60 bits per heavy atom. The van der Waals surface area contributed by atoms with Gasteiger partial charge in [0.25, 0.3) is 0 Å². The summed E-state index contributed by atoms with van der Waals surface area (Å²) < 4.78 is 37.9. The highest BCUT2D eigenvalue weighted by Gasteiger charge is 2.31. The number of rotatable bonds is 4. The highest BCUT2D eigenvalue weighted by Crippen LogP contribution is 2.31. The van der Waals surface area contributed by atoms with E-state index in [1.54, 1.807) is 12.1 Å². The minimum atomic E-state index is -4.36. The van der Waals surface area contributed by atoms with Crippen molar-refractivity contribution in [1.29, 1.82) is 0 Å². The molecule has 4 nitrogen and oxygen atoms in total. The lowest BCUT2D eigenvalue weighted by atomic mass is 10.1. The normalized spacial score (nSPS) is 11.8. The Kier molecular flexibility index (Phi) is 3.99. The van der Waals surface area contributed by atoms with Crippen LogP contribution in [0, 0.1) is 0 Å². The van der Waals surface area contributed by atoms with Crippen molar-refractivity contribution in [3.05, 3.63) is 30.6 Å². The standard InChI is InChI=1S/C13H14F3N3O/c14-13(15,16)8-19(5-6-20)12-2-1-11(17)9-3-4-18-7-10(9)12/h1-4,7,20H,5-6,8,17H2. The van der Waals surface area contributed by atoms with Gasteiger partial charge in [-0.3, -0.25) is 4.98 Å². The minimum absolute atomic E-state index is 0.118. The Labute approximate surface area is 113 Å². The Balaban J connectivity index is 2.51. The van der Waals surface area contributed by atoms with Gasteiger partial charge in [0.05, 0.1) is 6.61 Å².